The molecule has 2 aromatic heterocycles. The molecule has 0 saturated heterocycles. The van der Waals surface area contributed by atoms with Crippen LogP contribution in [-0.2, 0) is 0 Å². The van der Waals surface area contributed by atoms with Gasteiger partial charge in [0.25, 0.3) is 0 Å². The Hall–Kier alpha value is -5.05. The lowest BCUT2D eigenvalue weighted by Crippen LogP contribution is -1.91. The number of fused-ring (bicyclic) bond motifs is 10. The minimum absolute atomic E-state index is 1.02. The monoisotopic (exact) mass is 537 g/mol. The predicted octanol–water partition coefficient (Wildman–Crippen LogP) is 11.4. The number of aromatic nitrogens is 1. The van der Waals surface area contributed by atoms with Crippen molar-refractivity contribution in [2.45, 2.75) is 0 Å². The molecule has 0 saturated carbocycles. The molecule has 0 bridgehead atoms. The Morgan fingerprint density at radius 3 is 2.00 bits per heavy atom. The summed E-state index contributed by atoms with van der Waals surface area (Å²) in [4.78, 5) is 5.38. The van der Waals surface area contributed by atoms with Gasteiger partial charge < -0.3 is 0 Å². The van der Waals surface area contributed by atoms with Gasteiger partial charge in [-0.3, -0.25) is 0 Å². The first-order valence-electron chi connectivity index (χ1n) is 14.0. The summed E-state index contributed by atoms with van der Waals surface area (Å²) in [6, 6.07) is 50.6. The minimum Gasteiger partial charge on any atom is -0.247 e. The van der Waals surface area contributed by atoms with Crippen molar-refractivity contribution in [1.29, 1.82) is 0 Å². The number of benzene rings is 7. The quantitative estimate of drug-likeness (QED) is 0.200. The summed E-state index contributed by atoms with van der Waals surface area (Å²) in [7, 11) is 0. The van der Waals surface area contributed by atoms with Gasteiger partial charge in [-0.2, -0.15) is 0 Å². The number of nitrogens with zero attached hydrogens (tertiary/aromatic N) is 1. The van der Waals surface area contributed by atoms with E-state index in [4.69, 9.17) is 4.98 Å². The first kappa shape index (κ1) is 22.7. The Morgan fingerprint density at radius 1 is 0.415 bits per heavy atom. The summed E-state index contributed by atoms with van der Waals surface area (Å²) in [6.45, 7) is 0. The van der Waals surface area contributed by atoms with Gasteiger partial charge in [-0.1, -0.05) is 115 Å². The van der Waals surface area contributed by atoms with Crippen LogP contribution in [-0.4, -0.2) is 4.98 Å². The topological polar surface area (TPSA) is 12.9 Å². The second-order valence-corrected chi connectivity index (χ2v) is 11.8. The van der Waals surface area contributed by atoms with Crippen LogP contribution in [0.3, 0.4) is 0 Å². The molecule has 0 fully saturated rings. The molecule has 9 rings (SSSR count). The molecule has 0 spiro atoms. The highest BCUT2D eigenvalue weighted by molar-refractivity contribution is 7.26. The molecule has 0 amide bonds. The van der Waals surface area contributed by atoms with Crippen LogP contribution in [0, 0.1) is 0 Å². The lowest BCUT2D eigenvalue weighted by atomic mass is 9.91. The molecule has 9 aromatic rings. The van der Waals surface area contributed by atoms with Gasteiger partial charge in [0.1, 0.15) is 0 Å². The van der Waals surface area contributed by atoms with Crippen molar-refractivity contribution in [3.63, 3.8) is 0 Å². The van der Waals surface area contributed by atoms with E-state index in [0.29, 0.717) is 0 Å². The fourth-order valence-corrected chi connectivity index (χ4v) is 7.70. The molecular weight excluding hydrogens is 515 g/mol. The summed E-state index contributed by atoms with van der Waals surface area (Å²) in [6.07, 6.45) is 0. The molecule has 0 radical (unpaired) electrons. The summed E-state index contributed by atoms with van der Waals surface area (Å²) >= 11 is 1.87. The normalized spacial score (nSPS) is 11.9. The zero-order valence-electron chi connectivity index (χ0n) is 22.1. The van der Waals surface area contributed by atoms with Crippen LogP contribution in [0.2, 0.25) is 0 Å². The van der Waals surface area contributed by atoms with Crippen LogP contribution >= 0.6 is 11.3 Å². The Balaban J connectivity index is 1.42. The van der Waals surface area contributed by atoms with E-state index in [2.05, 4.69) is 140 Å². The van der Waals surface area contributed by atoms with E-state index in [1.54, 1.807) is 0 Å². The Labute approximate surface area is 240 Å². The number of hydrogen-bond acceptors (Lipinski definition) is 2. The molecular formula is C39H23NS. The van der Waals surface area contributed by atoms with Gasteiger partial charge in [0.2, 0.25) is 0 Å². The average molecular weight is 538 g/mol. The maximum Gasteiger partial charge on any atom is 0.0788 e. The van der Waals surface area contributed by atoms with Crippen molar-refractivity contribution in [3.8, 4) is 22.4 Å². The van der Waals surface area contributed by atoms with Crippen molar-refractivity contribution in [3.05, 3.63) is 140 Å². The molecule has 190 valence electrons. The maximum absolute atomic E-state index is 5.38. The number of pyridine rings is 1. The smallest absolute Gasteiger partial charge is 0.0788 e. The number of rotatable bonds is 2. The first-order chi connectivity index (χ1) is 20.3. The highest BCUT2D eigenvalue weighted by Gasteiger charge is 2.17. The Kier molecular flexibility index (Phi) is 4.84. The SMILES string of the molecule is c1ccc(-c2nc3cc(-c4cc5ccccc5c5ccccc45)ccc3c3c2ccc2sc4ccccc4c23)cc1. The lowest BCUT2D eigenvalue weighted by molar-refractivity contribution is 1.43. The van der Waals surface area contributed by atoms with Crippen LogP contribution in [0.5, 0.6) is 0 Å². The Morgan fingerprint density at radius 2 is 1.12 bits per heavy atom. The zero-order chi connectivity index (χ0) is 26.9. The fraction of sp³-hybridized carbons (Fsp3) is 0. The first-order valence-corrected chi connectivity index (χ1v) is 14.8. The largest absolute Gasteiger partial charge is 0.247 e. The summed E-state index contributed by atoms with van der Waals surface area (Å²) in [5.74, 6) is 0. The molecule has 41 heavy (non-hydrogen) atoms. The molecule has 1 nitrogen and oxygen atoms in total. The maximum atomic E-state index is 5.38. The van der Waals surface area contributed by atoms with Gasteiger partial charge in [-0.15, -0.1) is 11.3 Å². The van der Waals surface area contributed by atoms with Gasteiger partial charge in [-0.05, 0) is 56.9 Å². The molecule has 2 heteroatoms. The van der Waals surface area contributed by atoms with Crippen molar-refractivity contribution >= 4 is 74.7 Å². The van der Waals surface area contributed by atoms with Gasteiger partial charge in [0.05, 0.1) is 11.2 Å². The molecule has 0 N–H and O–H groups in total. The highest BCUT2D eigenvalue weighted by Crippen LogP contribution is 2.44. The summed E-state index contributed by atoms with van der Waals surface area (Å²) in [5, 5.41) is 11.4. The molecule has 2 heterocycles. The van der Waals surface area contributed by atoms with Crippen LogP contribution in [0.15, 0.2) is 140 Å². The minimum atomic E-state index is 1.02. The van der Waals surface area contributed by atoms with Gasteiger partial charge in [0, 0.05) is 41.9 Å². The van der Waals surface area contributed by atoms with Crippen molar-refractivity contribution in [2.24, 2.45) is 0 Å². The highest BCUT2D eigenvalue weighted by atomic mass is 32.1. The van der Waals surface area contributed by atoms with E-state index in [9.17, 15) is 0 Å². The van der Waals surface area contributed by atoms with Gasteiger partial charge >= 0.3 is 0 Å². The van der Waals surface area contributed by atoms with Crippen molar-refractivity contribution < 1.29 is 0 Å². The molecule has 7 aromatic carbocycles. The molecule has 0 aliphatic carbocycles. The van der Waals surface area contributed by atoms with E-state index < -0.39 is 0 Å². The number of hydrogen-bond donors (Lipinski definition) is 0. The van der Waals surface area contributed by atoms with E-state index >= 15 is 0 Å². The summed E-state index contributed by atoms with van der Waals surface area (Å²) < 4.78 is 2.63. The van der Waals surface area contributed by atoms with Crippen molar-refractivity contribution in [1.82, 2.24) is 4.98 Å². The molecule has 0 aliphatic rings. The van der Waals surface area contributed by atoms with Crippen LogP contribution in [0.1, 0.15) is 0 Å². The predicted molar refractivity (Wildman–Crippen MR) is 178 cm³/mol. The van der Waals surface area contributed by atoms with Crippen LogP contribution < -0.4 is 0 Å². The lowest BCUT2D eigenvalue weighted by Gasteiger charge is -2.14. The van der Waals surface area contributed by atoms with E-state index in [1.807, 2.05) is 11.3 Å². The van der Waals surface area contributed by atoms with Crippen LogP contribution in [0.25, 0.3) is 85.8 Å². The van der Waals surface area contributed by atoms with Crippen LogP contribution in [0.4, 0.5) is 0 Å². The second kappa shape index (κ2) is 8.72. The second-order valence-electron chi connectivity index (χ2n) is 10.7. The van der Waals surface area contributed by atoms with Crippen molar-refractivity contribution in [2.75, 3.05) is 0 Å². The Bertz CT molecular complexity index is 2470. The molecule has 0 aliphatic heterocycles. The van der Waals surface area contributed by atoms with E-state index in [-0.39, 0.29) is 0 Å². The molecule has 0 unspecified atom stereocenters. The van der Waals surface area contributed by atoms with E-state index in [0.717, 1.165) is 16.8 Å². The fourth-order valence-electron chi connectivity index (χ4n) is 6.59. The van der Waals surface area contributed by atoms with Gasteiger partial charge in [0.15, 0.2) is 0 Å². The van der Waals surface area contributed by atoms with E-state index in [1.165, 1.54) is 69.0 Å². The standard InChI is InChI=1S/C39H23NS/c1-2-10-24(11-3-1)39-32-20-21-36-38(31-16-8-9-17-35(31)41-36)37(32)30-19-18-26(23-34(30)40-39)33-22-25-12-4-5-13-27(25)28-14-6-7-15-29(28)33/h1-23H. The number of thiophene rings is 1. The van der Waals surface area contributed by atoms with Gasteiger partial charge in [-0.25, -0.2) is 4.98 Å². The zero-order valence-corrected chi connectivity index (χ0v) is 23.0. The third kappa shape index (κ3) is 3.38. The molecule has 0 atom stereocenters. The average Bonchev–Trinajstić information content (AvgIpc) is 3.43. The third-order valence-electron chi connectivity index (χ3n) is 8.42. The summed E-state index contributed by atoms with van der Waals surface area (Å²) in [5.41, 5.74) is 5.62. The third-order valence-corrected chi connectivity index (χ3v) is 9.56.